The van der Waals surface area contributed by atoms with Crippen LogP contribution < -0.4 is 0 Å². The Balaban J connectivity index is 2.20. The van der Waals surface area contributed by atoms with E-state index in [0.717, 1.165) is 6.54 Å². The van der Waals surface area contributed by atoms with Crippen LogP contribution >= 0.6 is 11.8 Å². The zero-order valence-electron chi connectivity index (χ0n) is 9.44. The van der Waals surface area contributed by atoms with Crippen molar-refractivity contribution < 1.29 is 9.53 Å². The summed E-state index contributed by atoms with van der Waals surface area (Å²) in [7, 11) is 2.10. The van der Waals surface area contributed by atoms with Crippen molar-refractivity contribution in [2.75, 3.05) is 31.7 Å². The average Bonchev–Trinajstić information content (AvgIpc) is 2.70. The van der Waals surface area contributed by atoms with Gasteiger partial charge in [-0.05, 0) is 26.1 Å². The van der Waals surface area contributed by atoms with Crippen LogP contribution in [0.5, 0.6) is 0 Å². The Bertz CT molecular complexity index is 225. The zero-order valence-corrected chi connectivity index (χ0v) is 10.3. The molecular weight excluding hydrogens is 210 g/mol. The van der Waals surface area contributed by atoms with Crippen LogP contribution in [0.25, 0.3) is 0 Å². The van der Waals surface area contributed by atoms with Gasteiger partial charge >= 0.3 is 5.97 Å². The molecule has 0 amide bonds. The molecule has 0 aromatic carbocycles. The number of rotatable bonds is 5. The molecule has 0 radical (unpaired) electrons. The van der Waals surface area contributed by atoms with Gasteiger partial charge in [-0.3, -0.25) is 4.90 Å². The first kappa shape index (κ1) is 12.6. The molecule has 4 heteroatoms. The number of hydrogen-bond acceptors (Lipinski definition) is 4. The molecule has 0 aromatic rings. The lowest BCUT2D eigenvalue weighted by Gasteiger charge is -2.21. The second-order valence-electron chi connectivity index (χ2n) is 3.61. The maximum atomic E-state index is 11.0. The smallest absolute Gasteiger partial charge is 0.330 e. The van der Waals surface area contributed by atoms with Gasteiger partial charge in [-0.25, -0.2) is 4.79 Å². The minimum absolute atomic E-state index is 0.244. The Morgan fingerprint density at radius 2 is 2.47 bits per heavy atom. The molecule has 1 saturated heterocycles. The normalized spacial score (nSPS) is 21.4. The third-order valence-electron chi connectivity index (χ3n) is 2.46. The van der Waals surface area contributed by atoms with Gasteiger partial charge in [-0.1, -0.05) is 6.08 Å². The highest BCUT2D eigenvalue weighted by Gasteiger charge is 2.18. The lowest BCUT2D eigenvalue weighted by molar-refractivity contribution is -0.137. The molecule has 0 aromatic heterocycles. The van der Waals surface area contributed by atoms with E-state index in [0.29, 0.717) is 12.6 Å². The Morgan fingerprint density at radius 1 is 1.67 bits per heavy atom. The lowest BCUT2D eigenvalue weighted by Crippen LogP contribution is -2.31. The predicted molar refractivity (Wildman–Crippen MR) is 64.1 cm³/mol. The van der Waals surface area contributed by atoms with E-state index in [9.17, 15) is 4.79 Å². The molecule has 0 N–H and O–H groups in total. The number of likely N-dealkylation sites (N-methyl/N-ethyl adjacent to an activating group) is 1. The van der Waals surface area contributed by atoms with Crippen molar-refractivity contribution in [3.05, 3.63) is 12.2 Å². The topological polar surface area (TPSA) is 29.5 Å². The Labute approximate surface area is 95.9 Å². The molecule has 1 aliphatic heterocycles. The van der Waals surface area contributed by atoms with Gasteiger partial charge in [0, 0.05) is 24.4 Å². The van der Waals surface area contributed by atoms with Gasteiger partial charge in [0.2, 0.25) is 0 Å². The number of carbonyl (C=O) groups is 1. The maximum Gasteiger partial charge on any atom is 0.330 e. The molecule has 0 aliphatic carbocycles. The summed E-state index contributed by atoms with van der Waals surface area (Å²) in [4.78, 5) is 13.3. The monoisotopic (exact) mass is 229 g/mol. The molecule has 1 fully saturated rings. The zero-order chi connectivity index (χ0) is 11.1. The van der Waals surface area contributed by atoms with Crippen molar-refractivity contribution in [3.8, 4) is 0 Å². The second-order valence-corrected chi connectivity index (χ2v) is 4.76. The highest BCUT2D eigenvalue weighted by molar-refractivity contribution is 7.99. The maximum absolute atomic E-state index is 11.0. The fourth-order valence-corrected chi connectivity index (χ4v) is 2.82. The van der Waals surface area contributed by atoms with Crippen LogP contribution in [0.4, 0.5) is 0 Å². The molecule has 1 unspecified atom stereocenters. The molecule has 3 nitrogen and oxygen atoms in total. The number of carbonyl (C=O) groups excluding carboxylic acids is 1. The summed E-state index contributed by atoms with van der Waals surface area (Å²) in [6.45, 7) is 3.08. The molecule has 1 aliphatic rings. The molecule has 0 spiro atoms. The Kier molecular flexibility index (Phi) is 5.79. The van der Waals surface area contributed by atoms with E-state index in [1.54, 1.807) is 0 Å². The summed E-state index contributed by atoms with van der Waals surface area (Å²) in [5.74, 6) is 2.23. The molecule has 1 atom stereocenters. The lowest BCUT2D eigenvalue weighted by atomic mass is 10.2. The van der Waals surface area contributed by atoms with Gasteiger partial charge in [0.15, 0.2) is 0 Å². The summed E-state index contributed by atoms with van der Waals surface area (Å²) in [5, 5.41) is 0. The van der Waals surface area contributed by atoms with E-state index >= 15 is 0 Å². The molecule has 0 bridgehead atoms. The van der Waals surface area contributed by atoms with Crippen molar-refractivity contribution in [3.63, 3.8) is 0 Å². The van der Waals surface area contributed by atoms with E-state index < -0.39 is 0 Å². The van der Waals surface area contributed by atoms with Gasteiger partial charge in [0.1, 0.15) is 0 Å². The minimum Gasteiger partial charge on any atom is -0.463 e. The van der Waals surface area contributed by atoms with E-state index in [4.69, 9.17) is 4.74 Å². The quantitative estimate of drug-likeness (QED) is 0.528. The summed E-state index contributed by atoms with van der Waals surface area (Å²) in [6.07, 6.45) is 4.65. The number of esters is 1. The molecule has 1 rings (SSSR count). The first-order chi connectivity index (χ1) is 7.24. The molecular formula is C11H19NO2S. The summed E-state index contributed by atoms with van der Waals surface area (Å²) in [5.41, 5.74) is 0. The number of nitrogens with zero attached hydrogens (tertiary/aromatic N) is 1. The molecule has 1 heterocycles. The van der Waals surface area contributed by atoms with Gasteiger partial charge in [-0.2, -0.15) is 11.8 Å². The number of thioether (sulfide) groups is 1. The minimum atomic E-state index is -0.244. The van der Waals surface area contributed by atoms with Crippen LogP contribution in [0.1, 0.15) is 13.3 Å². The predicted octanol–water partition coefficient (Wildman–Crippen LogP) is 1.54. The first-order valence-electron chi connectivity index (χ1n) is 5.35. The van der Waals surface area contributed by atoms with Crippen LogP contribution in [0.3, 0.4) is 0 Å². The van der Waals surface area contributed by atoms with Crippen molar-refractivity contribution in [1.82, 2.24) is 4.90 Å². The van der Waals surface area contributed by atoms with E-state index in [1.807, 2.05) is 24.8 Å². The third-order valence-corrected chi connectivity index (χ3v) is 3.61. The van der Waals surface area contributed by atoms with Crippen molar-refractivity contribution in [1.29, 1.82) is 0 Å². The van der Waals surface area contributed by atoms with E-state index in [-0.39, 0.29) is 5.97 Å². The SMILES string of the molecule is CCOC(=O)/C=C/CN(C)C1CCSC1. The van der Waals surface area contributed by atoms with Gasteiger partial charge < -0.3 is 4.74 Å². The van der Waals surface area contributed by atoms with Crippen LogP contribution in [0, 0.1) is 0 Å². The number of ether oxygens (including phenoxy) is 1. The fourth-order valence-electron chi connectivity index (χ4n) is 1.52. The summed E-state index contributed by atoms with van der Waals surface area (Å²) >= 11 is 2.00. The molecule has 0 saturated carbocycles. The van der Waals surface area contributed by atoms with Crippen LogP contribution in [0.15, 0.2) is 12.2 Å². The van der Waals surface area contributed by atoms with Gasteiger partial charge in [-0.15, -0.1) is 0 Å². The van der Waals surface area contributed by atoms with E-state index in [1.165, 1.54) is 24.0 Å². The van der Waals surface area contributed by atoms with Crippen molar-refractivity contribution >= 4 is 17.7 Å². The van der Waals surface area contributed by atoms with Crippen LogP contribution in [-0.4, -0.2) is 48.6 Å². The van der Waals surface area contributed by atoms with Crippen LogP contribution in [0.2, 0.25) is 0 Å². The standard InChI is InChI=1S/C11H19NO2S/c1-3-14-11(13)5-4-7-12(2)10-6-8-15-9-10/h4-5,10H,3,6-9H2,1-2H3/b5-4+. The first-order valence-corrected chi connectivity index (χ1v) is 6.50. The molecule has 86 valence electrons. The third kappa shape index (κ3) is 4.71. The highest BCUT2D eigenvalue weighted by atomic mass is 32.2. The fraction of sp³-hybridized carbons (Fsp3) is 0.727. The second kappa shape index (κ2) is 6.90. The van der Waals surface area contributed by atoms with Crippen LogP contribution in [-0.2, 0) is 9.53 Å². The Hall–Kier alpha value is -0.480. The number of hydrogen-bond donors (Lipinski definition) is 0. The Morgan fingerprint density at radius 3 is 3.07 bits per heavy atom. The van der Waals surface area contributed by atoms with E-state index in [2.05, 4.69) is 11.9 Å². The van der Waals surface area contributed by atoms with Gasteiger partial charge in [0.25, 0.3) is 0 Å². The molecule has 15 heavy (non-hydrogen) atoms. The van der Waals surface area contributed by atoms with Crippen molar-refractivity contribution in [2.45, 2.75) is 19.4 Å². The average molecular weight is 229 g/mol. The summed E-state index contributed by atoms with van der Waals surface area (Å²) in [6, 6.07) is 0.668. The van der Waals surface area contributed by atoms with Crippen molar-refractivity contribution in [2.24, 2.45) is 0 Å². The largest absolute Gasteiger partial charge is 0.463 e. The van der Waals surface area contributed by atoms with Gasteiger partial charge in [0.05, 0.1) is 6.61 Å². The summed E-state index contributed by atoms with van der Waals surface area (Å²) < 4.78 is 4.80. The highest BCUT2D eigenvalue weighted by Crippen LogP contribution is 2.20.